The molecule has 1 atom stereocenters. The first-order valence-corrected chi connectivity index (χ1v) is 22.4. The van der Waals surface area contributed by atoms with Gasteiger partial charge in [-0.3, -0.25) is 14.1 Å². The third-order valence-corrected chi connectivity index (χ3v) is 9.86. The van der Waals surface area contributed by atoms with Gasteiger partial charge < -0.3 is 19.3 Å². The average molecular weight is 719 g/mol. The molecule has 2 N–H and O–H groups in total. The molecule has 0 heterocycles. The minimum Gasteiger partial charge on any atom is -0.462 e. The van der Waals surface area contributed by atoms with Gasteiger partial charge in [0.2, 0.25) is 0 Å². The molecular weight excluding hydrogens is 639 g/mol. The molecule has 0 aromatic rings. The smallest absolute Gasteiger partial charge is 0.462 e. The number of esters is 2. The summed E-state index contributed by atoms with van der Waals surface area (Å²) in [6.07, 6.45) is 38.4. The van der Waals surface area contributed by atoms with E-state index in [0.717, 1.165) is 32.1 Å². The Hall–Kier alpha value is -0.950. The summed E-state index contributed by atoms with van der Waals surface area (Å²) in [7, 11) is -4.74. The largest absolute Gasteiger partial charge is 0.469 e. The fourth-order valence-electron chi connectivity index (χ4n) is 6.26. The maximum absolute atomic E-state index is 12.4. The van der Waals surface area contributed by atoms with Crippen molar-refractivity contribution in [3.8, 4) is 0 Å². The summed E-state index contributed by atoms with van der Waals surface area (Å²) in [6, 6.07) is 0. The number of hydrogen-bond acceptors (Lipinski definition) is 6. The molecule has 0 aromatic carbocycles. The number of phosphoric acid groups is 1. The van der Waals surface area contributed by atoms with Crippen molar-refractivity contribution in [3.63, 3.8) is 0 Å². The molecule has 8 nitrogen and oxygen atoms in total. The fourth-order valence-corrected chi connectivity index (χ4v) is 6.62. The van der Waals surface area contributed by atoms with Crippen LogP contribution in [0, 0.1) is 0 Å². The van der Waals surface area contributed by atoms with Crippen molar-refractivity contribution >= 4 is 19.8 Å². The molecule has 0 saturated heterocycles. The highest BCUT2D eigenvalue weighted by Gasteiger charge is 2.22. The predicted molar refractivity (Wildman–Crippen MR) is 203 cm³/mol. The van der Waals surface area contributed by atoms with Crippen molar-refractivity contribution in [2.45, 2.75) is 232 Å². The summed E-state index contributed by atoms with van der Waals surface area (Å²) in [5, 5.41) is 0. The van der Waals surface area contributed by atoms with Gasteiger partial charge in [0.05, 0.1) is 6.61 Å². The van der Waals surface area contributed by atoms with Gasteiger partial charge in [-0.15, -0.1) is 0 Å². The Kier molecular flexibility index (Phi) is 36.1. The highest BCUT2D eigenvalue weighted by molar-refractivity contribution is 7.46. The van der Waals surface area contributed by atoms with Gasteiger partial charge in [0.1, 0.15) is 6.61 Å². The second kappa shape index (κ2) is 36.8. The first-order chi connectivity index (χ1) is 23.8. The molecule has 9 heteroatoms. The Morgan fingerprint density at radius 2 is 0.735 bits per heavy atom. The quantitative estimate of drug-likeness (QED) is 0.0366. The summed E-state index contributed by atoms with van der Waals surface area (Å²) < 4.78 is 26.3. The van der Waals surface area contributed by atoms with Crippen molar-refractivity contribution in [3.05, 3.63) is 0 Å². The van der Waals surface area contributed by atoms with Crippen LogP contribution >= 0.6 is 7.82 Å². The molecule has 0 aromatic heterocycles. The van der Waals surface area contributed by atoms with Gasteiger partial charge in [-0.25, -0.2) is 4.57 Å². The van der Waals surface area contributed by atoms with E-state index in [4.69, 9.17) is 19.3 Å². The third kappa shape index (κ3) is 39.7. The number of hydrogen-bond donors (Lipinski definition) is 2. The van der Waals surface area contributed by atoms with Crippen LogP contribution in [0.5, 0.6) is 0 Å². The van der Waals surface area contributed by atoms with Gasteiger partial charge in [-0.1, -0.05) is 200 Å². The highest BCUT2D eigenvalue weighted by atomic mass is 31.2. The maximum Gasteiger partial charge on any atom is 0.469 e. The summed E-state index contributed by atoms with van der Waals surface area (Å²) in [5.74, 6) is -0.873. The highest BCUT2D eigenvalue weighted by Crippen LogP contribution is 2.36. The lowest BCUT2D eigenvalue weighted by Gasteiger charge is -2.18. The van der Waals surface area contributed by atoms with Crippen molar-refractivity contribution in [1.29, 1.82) is 0 Å². The van der Waals surface area contributed by atoms with E-state index < -0.39 is 32.5 Å². The number of ether oxygens (including phenoxy) is 2. The van der Waals surface area contributed by atoms with Crippen molar-refractivity contribution < 1.29 is 37.9 Å². The molecular formula is C40H79O8P. The number of phosphoric ester groups is 1. The molecule has 0 aliphatic carbocycles. The van der Waals surface area contributed by atoms with Gasteiger partial charge >= 0.3 is 19.8 Å². The van der Waals surface area contributed by atoms with Crippen molar-refractivity contribution in [2.24, 2.45) is 0 Å². The third-order valence-electron chi connectivity index (χ3n) is 9.38. The molecule has 292 valence electrons. The Morgan fingerprint density at radius 3 is 1.04 bits per heavy atom. The summed E-state index contributed by atoms with van der Waals surface area (Å²) in [6.45, 7) is 3.68. The lowest BCUT2D eigenvalue weighted by atomic mass is 10.0. The first kappa shape index (κ1) is 48.0. The van der Waals surface area contributed by atoms with E-state index in [9.17, 15) is 14.2 Å². The van der Waals surface area contributed by atoms with Crippen LogP contribution in [-0.4, -0.2) is 41.0 Å². The van der Waals surface area contributed by atoms with E-state index in [-0.39, 0.29) is 19.4 Å². The topological polar surface area (TPSA) is 119 Å². The van der Waals surface area contributed by atoms with E-state index in [2.05, 4.69) is 18.4 Å². The molecule has 0 fully saturated rings. The molecule has 0 spiro atoms. The van der Waals surface area contributed by atoms with Crippen molar-refractivity contribution in [2.75, 3.05) is 13.2 Å². The van der Waals surface area contributed by atoms with Crippen LogP contribution in [0.4, 0.5) is 0 Å². The standard InChI is InChI=1S/C40H79O8P/c1-3-5-7-9-11-13-14-15-16-17-18-19-20-21-22-23-24-25-27-29-31-33-35-40(42)48-38(37-47-49(43,44)45)36-46-39(41)34-32-30-28-26-12-10-8-6-4-2/h38H,3-37H2,1-2H3,(H2,43,44,45)/t38-/m1/s1. The molecule has 49 heavy (non-hydrogen) atoms. The van der Waals surface area contributed by atoms with Crippen LogP contribution in [-0.2, 0) is 28.2 Å². The molecule has 0 aliphatic heterocycles. The Morgan fingerprint density at radius 1 is 0.449 bits per heavy atom. The number of carbonyl (C=O) groups is 2. The average Bonchev–Trinajstić information content (AvgIpc) is 3.07. The van der Waals surface area contributed by atoms with Gasteiger partial charge in [-0.2, -0.15) is 0 Å². The summed E-state index contributed by atoms with van der Waals surface area (Å²) >= 11 is 0. The monoisotopic (exact) mass is 719 g/mol. The lowest BCUT2D eigenvalue weighted by Crippen LogP contribution is -2.29. The Balaban J connectivity index is 3.77. The minimum atomic E-state index is -4.74. The molecule has 0 unspecified atom stereocenters. The molecule has 0 aliphatic rings. The maximum atomic E-state index is 12.4. The van der Waals surface area contributed by atoms with Crippen LogP contribution in [0.15, 0.2) is 0 Å². The number of carbonyl (C=O) groups excluding carboxylic acids is 2. The SMILES string of the molecule is CCCCCCCCCCCCCCCCCCCCCCCCC(=O)O[C@H](COC(=O)CCCCCCCCCCC)COP(=O)(O)O. The van der Waals surface area contributed by atoms with Crippen LogP contribution in [0.1, 0.15) is 226 Å². The van der Waals surface area contributed by atoms with E-state index in [1.54, 1.807) is 0 Å². The predicted octanol–water partition coefficient (Wildman–Crippen LogP) is 12.5. The van der Waals surface area contributed by atoms with E-state index in [1.165, 1.54) is 161 Å². The number of unbranched alkanes of at least 4 members (excludes halogenated alkanes) is 29. The fraction of sp³-hybridized carbons (Fsp3) is 0.950. The zero-order chi connectivity index (χ0) is 36.1. The van der Waals surface area contributed by atoms with Gasteiger partial charge in [0, 0.05) is 12.8 Å². The second-order valence-electron chi connectivity index (χ2n) is 14.3. The molecule has 0 bridgehead atoms. The zero-order valence-electron chi connectivity index (χ0n) is 32.1. The van der Waals surface area contributed by atoms with Crippen LogP contribution in [0.3, 0.4) is 0 Å². The van der Waals surface area contributed by atoms with E-state index in [1.807, 2.05) is 0 Å². The molecule has 0 saturated carbocycles. The van der Waals surface area contributed by atoms with Crippen LogP contribution < -0.4 is 0 Å². The Bertz CT molecular complexity index is 771. The second-order valence-corrected chi connectivity index (χ2v) is 15.6. The normalized spacial score (nSPS) is 12.3. The Labute approximate surface area is 302 Å². The van der Waals surface area contributed by atoms with Crippen LogP contribution in [0.2, 0.25) is 0 Å². The van der Waals surface area contributed by atoms with Gasteiger partial charge in [0.25, 0.3) is 0 Å². The van der Waals surface area contributed by atoms with Gasteiger partial charge in [-0.05, 0) is 12.8 Å². The summed E-state index contributed by atoms with van der Waals surface area (Å²) in [4.78, 5) is 42.7. The van der Waals surface area contributed by atoms with Gasteiger partial charge in [0.15, 0.2) is 6.10 Å². The van der Waals surface area contributed by atoms with Crippen LogP contribution in [0.25, 0.3) is 0 Å². The molecule has 0 amide bonds. The summed E-state index contributed by atoms with van der Waals surface area (Å²) in [5.41, 5.74) is 0. The number of rotatable bonds is 39. The lowest BCUT2D eigenvalue weighted by molar-refractivity contribution is -0.161. The minimum absolute atomic E-state index is 0.220. The zero-order valence-corrected chi connectivity index (χ0v) is 33.0. The van der Waals surface area contributed by atoms with E-state index >= 15 is 0 Å². The van der Waals surface area contributed by atoms with E-state index in [0.29, 0.717) is 6.42 Å². The first-order valence-electron chi connectivity index (χ1n) is 20.8. The molecule has 0 rings (SSSR count). The van der Waals surface area contributed by atoms with Crippen molar-refractivity contribution in [1.82, 2.24) is 0 Å². The molecule has 0 radical (unpaired) electrons.